The standard InChI is InChI=1S/C24H17Cl2FN2O5S2/c1-36(31,32)24(27)6-7-33-18-12-19-13(8-17(18)24)9-20(35-19)23(30)28-15-10-21(26)29-22(11-15)34-16-4-2-14(25)3-5-16/h2-5,8-12H,6-7H2,1H3,(H,28,29,30)/t24-/m0/s1. The van der Waals surface area contributed by atoms with Crippen molar-refractivity contribution >= 4 is 66.1 Å². The maximum atomic E-state index is 15.5. The predicted molar refractivity (Wildman–Crippen MR) is 138 cm³/mol. The minimum atomic E-state index is -4.05. The number of nitrogens with one attached hydrogen (secondary N) is 1. The lowest BCUT2D eigenvalue weighted by molar-refractivity contribution is 0.103. The molecular formula is C24H17Cl2FN2O5S2. The number of carbonyl (C=O) groups is 1. The highest BCUT2D eigenvalue weighted by atomic mass is 35.5. The van der Waals surface area contributed by atoms with E-state index in [-0.39, 0.29) is 35.4 Å². The number of fused-ring (bicyclic) bond motifs is 2. The Balaban J connectivity index is 1.42. The number of aromatic nitrogens is 1. The van der Waals surface area contributed by atoms with Crippen LogP contribution in [-0.2, 0) is 14.8 Å². The number of hydrogen-bond acceptors (Lipinski definition) is 7. The molecule has 4 aromatic rings. The largest absolute Gasteiger partial charge is 0.493 e. The van der Waals surface area contributed by atoms with Crippen molar-refractivity contribution in [3.8, 4) is 17.4 Å². The van der Waals surface area contributed by atoms with Crippen LogP contribution in [0.5, 0.6) is 17.4 Å². The zero-order chi connectivity index (χ0) is 25.7. The molecule has 0 saturated heterocycles. The smallest absolute Gasteiger partial charge is 0.265 e. The fourth-order valence-corrected chi connectivity index (χ4v) is 6.12. The van der Waals surface area contributed by atoms with Gasteiger partial charge in [0, 0.05) is 39.7 Å². The molecule has 1 atom stereocenters. The molecule has 3 heterocycles. The highest BCUT2D eigenvalue weighted by molar-refractivity contribution is 7.91. The summed E-state index contributed by atoms with van der Waals surface area (Å²) in [6, 6.07) is 14.2. The number of pyridine rings is 1. The van der Waals surface area contributed by atoms with Crippen LogP contribution in [0.4, 0.5) is 10.1 Å². The molecule has 12 heteroatoms. The summed E-state index contributed by atoms with van der Waals surface area (Å²) in [6.07, 6.45) is 0.564. The Bertz CT molecular complexity index is 1610. The molecule has 1 N–H and O–H groups in total. The molecule has 1 aliphatic heterocycles. The van der Waals surface area contributed by atoms with E-state index in [1.807, 2.05) is 0 Å². The second kappa shape index (κ2) is 9.19. The summed E-state index contributed by atoms with van der Waals surface area (Å²) in [5, 5.41) is 1.39. The van der Waals surface area contributed by atoms with E-state index in [0.29, 0.717) is 31.4 Å². The molecule has 0 bridgehead atoms. The van der Waals surface area contributed by atoms with Crippen molar-refractivity contribution in [1.82, 2.24) is 4.98 Å². The number of amides is 1. The molecule has 0 fully saturated rings. The second-order valence-corrected chi connectivity index (χ2v) is 12.2. The van der Waals surface area contributed by atoms with Gasteiger partial charge in [-0.1, -0.05) is 23.2 Å². The van der Waals surface area contributed by atoms with E-state index < -0.39 is 20.7 Å². The molecule has 0 radical (unpaired) electrons. The highest BCUT2D eigenvalue weighted by Gasteiger charge is 2.47. The van der Waals surface area contributed by atoms with Gasteiger partial charge in [0.2, 0.25) is 10.9 Å². The third-order valence-electron chi connectivity index (χ3n) is 5.58. The molecular weight excluding hydrogens is 550 g/mol. The van der Waals surface area contributed by atoms with Crippen LogP contribution < -0.4 is 14.8 Å². The normalized spacial score (nSPS) is 17.3. The van der Waals surface area contributed by atoms with E-state index in [1.54, 1.807) is 36.4 Å². The average Bonchev–Trinajstić information content (AvgIpc) is 3.22. The fourth-order valence-electron chi connectivity index (χ4n) is 3.82. The molecule has 0 saturated carbocycles. The molecule has 7 nitrogen and oxygen atoms in total. The maximum absolute atomic E-state index is 15.5. The molecule has 5 rings (SSSR count). The first-order chi connectivity index (χ1) is 17.0. The van der Waals surface area contributed by atoms with E-state index >= 15 is 4.39 Å². The van der Waals surface area contributed by atoms with Gasteiger partial charge in [0.25, 0.3) is 5.91 Å². The van der Waals surface area contributed by atoms with Gasteiger partial charge in [-0.25, -0.2) is 17.8 Å². The van der Waals surface area contributed by atoms with Gasteiger partial charge in [0.15, 0.2) is 9.84 Å². The number of halogens is 3. The fraction of sp³-hybridized carbons (Fsp3) is 0.167. The Morgan fingerprint density at radius 3 is 2.64 bits per heavy atom. The Kier molecular flexibility index (Phi) is 6.32. The van der Waals surface area contributed by atoms with E-state index in [2.05, 4.69) is 10.3 Å². The van der Waals surface area contributed by atoms with Crippen LogP contribution in [0.15, 0.2) is 54.6 Å². The summed E-state index contributed by atoms with van der Waals surface area (Å²) in [4.78, 5) is 17.4. The molecule has 0 unspecified atom stereocenters. The third-order valence-corrected chi connectivity index (χ3v) is 8.72. The van der Waals surface area contributed by atoms with Crippen LogP contribution in [0.1, 0.15) is 21.7 Å². The first-order valence-corrected chi connectivity index (χ1v) is 14.0. The second-order valence-electron chi connectivity index (χ2n) is 8.12. The van der Waals surface area contributed by atoms with E-state index in [9.17, 15) is 13.2 Å². The van der Waals surface area contributed by atoms with Crippen LogP contribution in [0.25, 0.3) is 10.1 Å². The molecule has 2 aromatic carbocycles. The maximum Gasteiger partial charge on any atom is 0.265 e. The molecule has 186 valence electrons. The number of nitrogens with zero attached hydrogens (tertiary/aromatic N) is 1. The number of alkyl halides is 1. The summed E-state index contributed by atoms with van der Waals surface area (Å²) in [5.74, 6) is 0.367. The summed E-state index contributed by atoms with van der Waals surface area (Å²) in [6.45, 7) is -0.0655. The molecule has 0 aliphatic carbocycles. The van der Waals surface area contributed by atoms with Crippen molar-refractivity contribution in [3.05, 3.63) is 75.2 Å². The van der Waals surface area contributed by atoms with Crippen molar-refractivity contribution in [2.45, 2.75) is 11.4 Å². The number of sulfone groups is 1. The highest BCUT2D eigenvalue weighted by Crippen LogP contribution is 2.46. The first kappa shape index (κ1) is 24.8. The van der Waals surface area contributed by atoms with Crippen LogP contribution in [0.2, 0.25) is 10.2 Å². The lowest BCUT2D eigenvalue weighted by Crippen LogP contribution is -2.35. The number of rotatable bonds is 5. The summed E-state index contributed by atoms with van der Waals surface area (Å²) >= 11 is 13.2. The lowest BCUT2D eigenvalue weighted by atomic mass is 10.0. The summed E-state index contributed by atoms with van der Waals surface area (Å²) < 4.78 is 51.8. The minimum absolute atomic E-state index is 0.0570. The quantitative estimate of drug-likeness (QED) is 0.273. The minimum Gasteiger partial charge on any atom is -0.493 e. The van der Waals surface area contributed by atoms with Crippen molar-refractivity contribution in [2.24, 2.45) is 0 Å². The Labute approximate surface area is 219 Å². The lowest BCUT2D eigenvalue weighted by Gasteiger charge is -2.30. The van der Waals surface area contributed by atoms with Crippen LogP contribution >= 0.6 is 34.5 Å². The van der Waals surface area contributed by atoms with Gasteiger partial charge in [-0.3, -0.25) is 4.79 Å². The van der Waals surface area contributed by atoms with Crippen molar-refractivity contribution < 1.29 is 27.1 Å². The Morgan fingerprint density at radius 1 is 1.17 bits per heavy atom. The average molecular weight is 567 g/mol. The van der Waals surface area contributed by atoms with Crippen molar-refractivity contribution in [2.75, 3.05) is 18.2 Å². The van der Waals surface area contributed by atoms with Gasteiger partial charge in [-0.15, -0.1) is 11.3 Å². The predicted octanol–water partition coefficient (Wildman–Crippen LogP) is 6.60. The van der Waals surface area contributed by atoms with Crippen molar-refractivity contribution in [1.29, 1.82) is 0 Å². The van der Waals surface area contributed by atoms with Crippen molar-refractivity contribution in [3.63, 3.8) is 0 Å². The van der Waals surface area contributed by atoms with Crippen LogP contribution in [0.3, 0.4) is 0 Å². The molecule has 36 heavy (non-hydrogen) atoms. The van der Waals surface area contributed by atoms with Gasteiger partial charge in [0.05, 0.1) is 11.5 Å². The molecule has 2 aromatic heterocycles. The van der Waals surface area contributed by atoms with Gasteiger partial charge in [0.1, 0.15) is 16.7 Å². The van der Waals surface area contributed by atoms with E-state index in [4.69, 9.17) is 32.7 Å². The number of benzene rings is 2. The van der Waals surface area contributed by atoms with E-state index in [1.165, 1.54) is 18.2 Å². The van der Waals surface area contributed by atoms with Gasteiger partial charge < -0.3 is 14.8 Å². The van der Waals surface area contributed by atoms with Gasteiger partial charge in [-0.2, -0.15) is 0 Å². The van der Waals surface area contributed by atoms with Gasteiger partial charge >= 0.3 is 0 Å². The van der Waals surface area contributed by atoms with Gasteiger partial charge in [-0.05, 0) is 53.9 Å². The number of thiophene rings is 1. The summed E-state index contributed by atoms with van der Waals surface area (Å²) in [5.41, 5.74) is 0.294. The van der Waals surface area contributed by atoms with Crippen LogP contribution in [0, 0.1) is 0 Å². The van der Waals surface area contributed by atoms with Crippen LogP contribution in [-0.4, -0.2) is 32.2 Å². The first-order valence-electron chi connectivity index (χ1n) is 10.5. The SMILES string of the molecule is CS(=O)(=O)[C@@]1(F)CCOc2cc3sc(C(=O)Nc4cc(Cl)nc(Oc5ccc(Cl)cc5)c4)cc3cc21. The topological polar surface area (TPSA) is 94.6 Å². The number of anilines is 1. The Morgan fingerprint density at radius 2 is 1.92 bits per heavy atom. The number of carbonyl (C=O) groups excluding carboxylic acids is 1. The Hall–Kier alpha value is -2.92. The number of ether oxygens (including phenoxy) is 2. The molecule has 0 spiro atoms. The zero-order valence-electron chi connectivity index (χ0n) is 18.5. The molecule has 1 aliphatic rings. The molecule has 1 amide bonds. The number of hydrogen-bond donors (Lipinski definition) is 1. The van der Waals surface area contributed by atoms with E-state index in [0.717, 1.165) is 17.6 Å². The zero-order valence-corrected chi connectivity index (χ0v) is 21.7. The summed E-state index contributed by atoms with van der Waals surface area (Å²) in [7, 11) is -4.05. The monoisotopic (exact) mass is 566 g/mol. The third kappa shape index (κ3) is 4.73.